The zero-order valence-corrected chi connectivity index (χ0v) is 14.2. The Balaban J connectivity index is 2.05. The van der Waals surface area contributed by atoms with E-state index in [0.717, 1.165) is 17.0 Å². The molecule has 2 rings (SSSR count). The molecule has 0 aliphatic rings. The third-order valence-electron chi connectivity index (χ3n) is 3.58. The van der Waals surface area contributed by atoms with E-state index in [4.69, 9.17) is 9.26 Å². The molecule has 7 nitrogen and oxygen atoms in total. The van der Waals surface area contributed by atoms with Gasteiger partial charge < -0.3 is 19.9 Å². The Hall–Kier alpha value is -2.83. The normalized spacial score (nSPS) is 10.3. The van der Waals surface area contributed by atoms with Gasteiger partial charge in [-0.3, -0.25) is 9.59 Å². The number of rotatable bonds is 6. The smallest absolute Gasteiger partial charge is 0.224 e. The van der Waals surface area contributed by atoms with Gasteiger partial charge in [0.05, 0.1) is 18.5 Å². The summed E-state index contributed by atoms with van der Waals surface area (Å²) >= 11 is 0. The molecule has 0 spiro atoms. The third-order valence-corrected chi connectivity index (χ3v) is 3.58. The van der Waals surface area contributed by atoms with Crippen molar-refractivity contribution < 1.29 is 18.8 Å². The van der Waals surface area contributed by atoms with Crippen molar-refractivity contribution in [3.05, 3.63) is 35.2 Å². The van der Waals surface area contributed by atoms with E-state index in [0.29, 0.717) is 23.5 Å². The fraction of sp³-hybridized carbons (Fsp3) is 0.353. The molecular formula is C17H21N3O4. The highest BCUT2D eigenvalue weighted by Gasteiger charge is 2.13. The second kappa shape index (κ2) is 7.63. The maximum absolute atomic E-state index is 12.2. The number of benzene rings is 1. The quantitative estimate of drug-likeness (QED) is 0.849. The molecule has 0 atom stereocenters. The fourth-order valence-corrected chi connectivity index (χ4v) is 2.40. The van der Waals surface area contributed by atoms with Crippen molar-refractivity contribution in [1.82, 2.24) is 5.16 Å². The summed E-state index contributed by atoms with van der Waals surface area (Å²) in [5.41, 5.74) is 2.84. The van der Waals surface area contributed by atoms with Crippen molar-refractivity contribution in [3.63, 3.8) is 0 Å². The van der Waals surface area contributed by atoms with Crippen LogP contribution in [0.15, 0.2) is 22.7 Å². The first-order valence-electron chi connectivity index (χ1n) is 7.58. The Morgan fingerprint density at radius 3 is 2.58 bits per heavy atom. The first kappa shape index (κ1) is 17.5. The molecule has 24 heavy (non-hydrogen) atoms. The van der Waals surface area contributed by atoms with Gasteiger partial charge in [0, 0.05) is 24.6 Å². The highest BCUT2D eigenvalue weighted by atomic mass is 16.5. The molecule has 2 amide bonds. The number of anilines is 2. The molecule has 0 saturated heterocycles. The summed E-state index contributed by atoms with van der Waals surface area (Å²) < 4.78 is 10.3. The van der Waals surface area contributed by atoms with Crippen molar-refractivity contribution >= 4 is 23.2 Å². The highest BCUT2D eigenvalue weighted by molar-refractivity contribution is 5.95. The van der Waals surface area contributed by atoms with Crippen LogP contribution in [-0.2, 0) is 16.0 Å². The van der Waals surface area contributed by atoms with Crippen LogP contribution < -0.4 is 15.4 Å². The van der Waals surface area contributed by atoms with E-state index in [2.05, 4.69) is 15.8 Å². The lowest BCUT2D eigenvalue weighted by Gasteiger charge is -2.12. The number of amides is 2. The molecule has 2 N–H and O–H groups in total. The van der Waals surface area contributed by atoms with Crippen molar-refractivity contribution in [2.45, 2.75) is 33.6 Å². The molecule has 0 unspecified atom stereocenters. The molecule has 7 heteroatoms. The van der Waals surface area contributed by atoms with Gasteiger partial charge in [-0.15, -0.1) is 0 Å². The minimum atomic E-state index is -0.184. The molecule has 0 saturated carbocycles. The van der Waals surface area contributed by atoms with Crippen LogP contribution in [0.1, 0.15) is 30.4 Å². The molecular weight excluding hydrogens is 310 g/mol. The van der Waals surface area contributed by atoms with Crippen LogP contribution in [0.5, 0.6) is 5.75 Å². The van der Waals surface area contributed by atoms with Gasteiger partial charge in [-0.05, 0) is 38.5 Å². The highest BCUT2D eigenvalue weighted by Crippen LogP contribution is 2.28. The molecule has 0 fully saturated rings. The number of aryl methyl sites for hydroxylation is 2. The van der Waals surface area contributed by atoms with E-state index in [-0.39, 0.29) is 18.2 Å². The predicted octanol–water partition coefficient (Wildman–Crippen LogP) is 2.83. The van der Waals surface area contributed by atoms with E-state index < -0.39 is 0 Å². The molecule has 1 aromatic heterocycles. The second-order valence-corrected chi connectivity index (χ2v) is 5.45. The molecule has 0 radical (unpaired) electrons. The minimum absolute atomic E-state index is 0.159. The van der Waals surface area contributed by atoms with Crippen LogP contribution >= 0.6 is 0 Å². The third kappa shape index (κ3) is 4.34. The predicted molar refractivity (Wildman–Crippen MR) is 90.2 cm³/mol. The number of carbonyl (C=O) groups excluding carboxylic acids is 2. The fourth-order valence-electron chi connectivity index (χ4n) is 2.40. The average molecular weight is 331 g/mol. The number of aromatic nitrogens is 1. The molecule has 128 valence electrons. The van der Waals surface area contributed by atoms with Crippen LogP contribution in [-0.4, -0.2) is 24.1 Å². The van der Waals surface area contributed by atoms with E-state index in [9.17, 15) is 9.59 Å². The lowest BCUT2D eigenvalue weighted by atomic mass is 10.1. The number of nitrogens with zero attached hydrogens (tertiary/aromatic N) is 1. The molecule has 0 aliphatic heterocycles. The summed E-state index contributed by atoms with van der Waals surface area (Å²) in [6.07, 6.45) is 0.830. The van der Waals surface area contributed by atoms with Gasteiger partial charge in [-0.2, -0.15) is 0 Å². The van der Waals surface area contributed by atoms with Crippen molar-refractivity contribution in [2.75, 3.05) is 17.7 Å². The van der Waals surface area contributed by atoms with Gasteiger partial charge in [0.2, 0.25) is 11.8 Å². The number of carbonyl (C=O) groups is 2. The van der Waals surface area contributed by atoms with Gasteiger partial charge in [0.15, 0.2) is 0 Å². The van der Waals surface area contributed by atoms with Crippen LogP contribution in [0.25, 0.3) is 0 Å². The van der Waals surface area contributed by atoms with E-state index in [1.165, 1.54) is 14.0 Å². The Labute approximate surface area is 140 Å². The van der Waals surface area contributed by atoms with E-state index in [1.807, 2.05) is 13.8 Å². The summed E-state index contributed by atoms with van der Waals surface area (Å²) in [5, 5.41) is 9.36. The summed E-state index contributed by atoms with van der Waals surface area (Å²) in [6, 6.07) is 5.06. The standard InChI is InChI=1S/C17H21N3O4/c1-10-14(11(2)24-20-10)6-8-17(22)19-15-9-13(18-12(3)21)5-7-16(15)23-4/h5,7,9H,6,8H2,1-4H3,(H,18,21)(H,19,22). The number of hydrogen-bond acceptors (Lipinski definition) is 5. The van der Waals surface area contributed by atoms with Gasteiger partial charge in [0.1, 0.15) is 11.5 Å². The minimum Gasteiger partial charge on any atom is -0.495 e. The number of methoxy groups -OCH3 is 1. The zero-order valence-electron chi connectivity index (χ0n) is 14.2. The van der Waals surface area contributed by atoms with Crippen LogP contribution in [0.3, 0.4) is 0 Å². The molecule has 0 aliphatic carbocycles. The summed E-state index contributed by atoms with van der Waals surface area (Å²) in [5.74, 6) is 0.907. The summed E-state index contributed by atoms with van der Waals surface area (Å²) in [7, 11) is 1.52. The summed E-state index contributed by atoms with van der Waals surface area (Å²) in [6.45, 7) is 5.10. The first-order valence-corrected chi connectivity index (χ1v) is 7.58. The topological polar surface area (TPSA) is 93.5 Å². The molecule has 2 aromatic rings. The monoisotopic (exact) mass is 331 g/mol. The van der Waals surface area contributed by atoms with Crippen LogP contribution in [0, 0.1) is 13.8 Å². The Kier molecular flexibility index (Phi) is 5.57. The number of nitrogens with one attached hydrogen (secondary N) is 2. The van der Waals surface area contributed by atoms with Crippen LogP contribution in [0.2, 0.25) is 0 Å². The average Bonchev–Trinajstić information content (AvgIpc) is 2.83. The van der Waals surface area contributed by atoms with Crippen molar-refractivity contribution in [3.8, 4) is 5.75 Å². The second-order valence-electron chi connectivity index (χ2n) is 5.45. The van der Waals surface area contributed by atoms with Gasteiger partial charge in [-0.25, -0.2) is 0 Å². The van der Waals surface area contributed by atoms with E-state index >= 15 is 0 Å². The molecule has 0 bridgehead atoms. The lowest BCUT2D eigenvalue weighted by molar-refractivity contribution is -0.116. The lowest BCUT2D eigenvalue weighted by Crippen LogP contribution is -2.14. The Morgan fingerprint density at radius 2 is 2.00 bits per heavy atom. The number of hydrogen-bond donors (Lipinski definition) is 2. The van der Waals surface area contributed by atoms with E-state index in [1.54, 1.807) is 18.2 Å². The zero-order chi connectivity index (χ0) is 17.7. The maximum Gasteiger partial charge on any atom is 0.224 e. The van der Waals surface area contributed by atoms with Gasteiger partial charge >= 0.3 is 0 Å². The SMILES string of the molecule is COc1ccc(NC(C)=O)cc1NC(=O)CCc1c(C)noc1C. The Morgan fingerprint density at radius 1 is 1.25 bits per heavy atom. The van der Waals surface area contributed by atoms with Crippen molar-refractivity contribution in [1.29, 1.82) is 0 Å². The largest absolute Gasteiger partial charge is 0.495 e. The van der Waals surface area contributed by atoms with Crippen molar-refractivity contribution in [2.24, 2.45) is 0 Å². The molecule has 1 heterocycles. The maximum atomic E-state index is 12.2. The van der Waals surface area contributed by atoms with Gasteiger partial charge in [0.25, 0.3) is 0 Å². The number of ether oxygens (including phenoxy) is 1. The Bertz CT molecular complexity index is 733. The molecule has 1 aromatic carbocycles. The summed E-state index contributed by atoms with van der Waals surface area (Å²) in [4.78, 5) is 23.4. The van der Waals surface area contributed by atoms with Gasteiger partial charge in [-0.1, -0.05) is 5.16 Å². The van der Waals surface area contributed by atoms with Crippen LogP contribution in [0.4, 0.5) is 11.4 Å². The first-order chi connectivity index (χ1) is 11.4.